The van der Waals surface area contributed by atoms with Crippen LogP contribution in [0.5, 0.6) is 0 Å². The Morgan fingerprint density at radius 3 is 2.38 bits per heavy atom. The van der Waals surface area contributed by atoms with Gasteiger partial charge in [-0.15, -0.1) is 0 Å². The molecule has 218 valence electrons. The van der Waals surface area contributed by atoms with Crippen molar-refractivity contribution in [2.75, 3.05) is 53.0 Å². The van der Waals surface area contributed by atoms with Gasteiger partial charge < -0.3 is 55.2 Å². The van der Waals surface area contributed by atoms with Gasteiger partial charge in [0.05, 0.1) is 25.4 Å². The van der Waals surface area contributed by atoms with Crippen LogP contribution in [-0.2, 0) is 14.3 Å². The zero-order chi connectivity index (χ0) is 27.4. The molecule has 0 spiro atoms. The number of aliphatic hydroxyl groups is 6. The van der Waals surface area contributed by atoms with Gasteiger partial charge in [0, 0.05) is 32.6 Å². The number of nitrogens with zero attached hydrogens (tertiary/aromatic N) is 2. The number of aliphatic hydroxyl groups excluding tert-OH is 6. The summed E-state index contributed by atoms with van der Waals surface area (Å²) in [5, 5.41) is 63.6. The quantitative estimate of drug-likeness (QED) is 0.109. The topological polar surface area (TPSA) is 175 Å². The third-order valence-electron chi connectivity index (χ3n) is 7.27. The molecule has 7 N–H and O–H groups in total. The number of piperazine rings is 1. The van der Waals surface area contributed by atoms with E-state index >= 15 is 0 Å². The molecule has 2 heterocycles. The SMILES string of the molecule is CCCCC[C@@H](O)[C@@H](O)[C@H](COC1OC(CO)C(O)C(O)C1O)NC(=O)CCCCN1CCN(C)CC1. The number of carbonyl (C=O) groups is 1. The lowest BCUT2D eigenvalue weighted by Crippen LogP contribution is -2.60. The van der Waals surface area contributed by atoms with Crippen LogP contribution in [0.2, 0.25) is 0 Å². The van der Waals surface area contributed by atoms with Gasteiger partial charge in [0.15, 0.2) is 6.29 Å². The highest BCUT2D eigenvalue weighted by atomic mass is 16.7. The Bertz CT molecular complexity index is 637. The summed E-state index contributed by atoms with van der Waals surface area (Å²) in [6, 6.07) is -0.992. The van der Waals surface area contributed by atoms with E-state index in [9.17, 15) is 35.4 Å². The Morgan fingerprint density at radius 2 is 1.73 bits per heavy atom. The first kappa shape index (κ1) is 32.3. The lowest BCUT2D eigenvalue weighted by atomic mass is 9.99. The van der Waals surface area contributed by atoms with Crippen LogP contribution in [0.25, 0.3) is 0 Å². The number of hydrogen-bond donors (Lipinski definition) is 7. The minimum Gasteiger partial charge on any atom is -0.394 e. The standard InChI is InChI=1S/C25H49N3O9/c1-3-4-5-8-18(30)21(32)17(16-36-25-24(35)23(34)22(33)19(15-29)37-25)26-20(31)9-6-7-10-28-13-11-27(2)12-14-28/h17-19,21-25,29-30,32-35H,3-16H2,1-2H3,(H,26,31)/t17-,18+,19?,21-,22?,23?,24?,25?/m0/s1. The lowest BCUT2D eigenvalue weighted by molar-refractivity contribution is -0.303. The van der Waals surface area contributed by atoms with Crippen molar-refractivity contribution in [1.29, 1.82) is 0 Å². The lowest BCUT2D eigenvalue weighted by Gasteiger charge is -2.40. The number of amides is 1. The van der Waals surface area contributed by atoms with E-state index < -0.39 is 55.6 Å². The maximum absolute atomic E-state index is 12.7. The number of hydrogen-bond acceptors (Lipinski definition) is 11. The molecule has 0 radical (unpaired) electrons. The smallest absolute Gasteiger partial charge is 0.220 e. The third-order valence-corrected chi connectivity index (χ3v) is 7.27. The Labute approximate surface area is 220 Å². The first-order valence-electron chi connectivity index (χ1n) is 13.7. The van der Waals surface area contributed by atoms with Crippen molar-refractivity contribution in [3.05, 3.63) is 0 Å². The molecule has 0 aromatic carbocycles. The summed E-state index contributed by atoms with van der Waals surface area (Å²) >= 11 is 0. The van der Waals surface area contributed by atoms with Crippen molar-refractivity contribution in [3.63, 3.8) is 0 Å². The molecule has 0 aliphatic carbocycles. The van der Waals surface area contributed by atoms with Gasteiger partial charge in [-0.25, -0.2) is 0 Å². The van der Waals surface area contributed by atoms with Crippen LogP contribution in [0, 0.1) is 0 Å². The predicted octanol–water partition coefficient (Wildman–Crippen LogP) is -1.99. The van der Waals surface area contributed by atoms with Gasteiger partial charge in [0.25, 0.3) is 0 Å². The van der Waals surface area contributed by atoms with Gasteiger partial charge in [-0.1, -0.05) is 26.2 Å². The molecule has 0 saturated carbocycles. The molecule has 5 unspecified atom stereocenters. The second kappa shape index (κ2) is 16.9. The molecular formula is C25H49N3O9. The van der Waals surface area contributed by atoms with Crippen molar-refractivity contribution in [2.24, 2.45) is 0 Å². The zero-order valence-electron chi connectivity index (χ0n) is 22.3. The molecule has 0 aromatic rings. The molecule has 12 heteroatoms. The fourth-order valence-corrected chi connectivity index (χ4v) is 4.64. The number of carbonyl (C=O) groups excluding carboxylic acids is 1. The third kappa shape index (κ3) is 10.6. The van der Waals surface area contributed by atoms with Crippen LogP contribution in [0.1, 0.15) is 51.9 Å². The highest BCUT2D eigenvalue weighted by Gasteiger charge is 2.44. The second-order valence-electron chi connectivity index (χ2n) is 10.4. The van der Waals surface area contributed by atoms with Crippen LogP contribution in [0.4, 0.5) is 0 Å². The van der Waals surface area contributed by atoms with Crippen LogP contribution >= 0.6 is 0 Å². The molecule has 1 amide bonds. The Kier molecular flexibility index (Phi) is 14.8. The van der Waals surface area contributed by atoms with E-state index in [1.165, 1.54) is 0 Å². The van der Waals surface area contributed by atoms with Crippen molar-refractivity contribution in [1.82, 2.24) is 15.1 Å². The van der Waals surface area contributed by atoms with Crippen LogP contribution < -0.4 is 5.32 Å². The molecule has 2 aliphatic heterocycles. The van der Waals surface area contributed by atoms with E-state index in [4.69, 9.17) is 9.47 Å². The summed E-state index contributed by atoms with van der Waals surface area (Å²) in [5.74, 6) is -0.291. The fourth-order valence-electron chi connectivity index (χ4n) is 4.64. The molecule has 2 saturated heterocycles. The Morgan fingerprint density at radius 1 is 1.03 bits per heavy atom. The largest absolute Gasteiger partial charge is 0.394 e. The van der Waals surface area contributed by atoms with Gasteiger partial charge in [-0.05, 0) is 32.9 Å². The van der Waals surface area contributed by atoms with Crippen molar-refractivity contribution in [2.45, 2.75) is 101 Å². The van der Waals surface area contributed by atoms with Crippen LogP contribution in [-0.4, -0.2) is 148 Å². The first-order valence-corrected chi connectivity index (χ1v) is 13.7. The van der Waals surface area contributed by atoms with Crippen molar-refractivity contribution in [3.8, 4) is 0 Å². The maximum atomic E-state index is 12.7. The Balaban J connectivity index is 1.89. The molecule has 0 aromatic heterocycles. The van der Waals surface area contributed by atoms with Crippen molar-refractivity contribution >= 4 is 5.91 Å². The second-order valence-corrected chi connectivity index (χ2v) is 10.4. The Hall–Kier alpha value is -0.930. The fraction of sp³-hybridized carbons (Fsp3) is 0.960. The molecule has 2 fully saturated rings. The van der Waals surface area contributed by atoms with E-state index in [2.05, 4.69) is 22.2 Å². The average Bonchev–Trinajstić information content (AvgIpc) is 2.89. The average molecular weight is 536 g/mol. The number of likely N-dealkylation sites (N-methyl/N-ethyl adjacent to an activating group) is 1. The number of ether oxygens (including phenoxy) is 2. The predicted molar refractivity (Wildman–Crippen MR) is 136 cm³/mol. The number of rotatable bonds is 16. The van der Waals surface area contributed by atoms with Gasteiger partial charge in [0.2, 0.25) is 5.91 Å². The highest BCUT2D eigenvalue weighted by molar-refractivity contribution is 5.76. The van der Waals surface area contributed by atoms with E-state index in [0.717, 1.165) is 58.4 Å². The molecule has 2 aliphatic rings. The number of unbranched alkanes of at least 4 members (excludes halogenated alkanes) is 3. The van der Waals surface area contributed by atoms with Gasteiger partial charge in [-0.2, -0.15) is 0 Å². The first-order chi connectivity index (χ1) is 17.7. The van der Waals surface area contributed by atoms with E-state index in [0.29, 0.717) is 12.8 Å². The van der Waals surface area contributed by atoms with Crippen molar-refractivity contribution < 1.29 is 44.9 Å². The molecule has 37 heavy (non-hydrogen) atoms. The van der Waals surface area contributed by atoms with Crippen LogP contribution in [0.15, 0.2) is 0 Å². The minimum absolute atomic E-state index is 0.253. The zero-order valence-corrected chi connectivity index (χ0v) is 22.3. The van der Waals surface area contributed by atoms with Gasteiger partial charge >= 0.3 is 0 Å². The minimum atomic E-state index is -1.60. The van der Waals surface area contributed by atoms with Gasteiger partial charge in [0.1, 0.15) is 30.5 Å². The van der Waals surface area contributed by atoms with E-state index in [-0.39, 0.29) is 18.9 Å². The molecule has 0 bridgehead atoms. The maximum Gasteiger partial charge on any atom is 0.220 e. The molecule has 8 atom stereocenters. The number of nitrogens with one attached hydrogen (secondary N) is 1. The van der Waals surface area contributed by atoms with Crippen LogP contribution in [0.3, 0.4) is 0 Å². The summed E-state index contributed by atoms with van der Waals surface area (Å²) < 4.78 is 10.9. The highest BCUT2D eigenvalue weighted by Crippen LogP contribution is 2.22. The monoisotopic (exact) mass is 535 g/mol. The molecule has 2 rings (SSSR count). The summed E-state index contributed by atoms with van der Waals surface area (Å²) in [6.07, 6.45) is -4.96. The summed E-state index contributed by atoms with van der Waals surface area (Å²) in [6.45, 7) is 6.14. The molecule has 12 nitrogen and oxygen atoms in total. The normalized spacial score (nSPS) is 30.1. The summed E-state index contributed by atoms with van der Waals surface area (Å²) in [7, 11) is 2.11. The van der Waals surface area contributed by atoms with E-state index in [1.54, 1.807) is 0 Å². The van der Waals surface area contributed by atoms with E-state index in [1.807, 2.05) is 6.92 Å². The summed E-state index contributed by atoms with van der Waals surface area (Å²) in [4.78, 5) is 17.3. The molecular weight excluding hydrogens is 486 g/mol. The summed E-state index contributed by atoms with van der Waals surface area (Å²) in [5.41, 5.74) is 0. The van der Waals surface area contributed by atoms with Gasteiger partial charge in [-0.3, -0.25) is 4.79 Å².